The number of benzene rings is 1. The molecule has 0 bridgehead atoms. The molecule has 1 aliphatic rings. The molecular weight excluding hydrogens is 256 g/mol. The van der Waals surface area contributed by atoms with E-state index in [0.717, 1.165) is 18.5 Å². The van der Waals surface area contributed by atoms with Crippen molar-refractivity contribution in [1.29, 1.82) is 0 Å². The lowest BCUT2D eigenvalue weighted by Crippen LogP contribution is -2.41. The number of nitrogens with one attached hydrogen (secondary N) is 1. The average Bonchev–Trinajstić information content (AvgIpc) is 2.75. The van der Waals surface area contributed by atoms with Crippen molar-refractivity contribution in [2.75, 3.05) is 6.54 Å². The molecule has 0 aromatic heterocycles. The summed E-state index contributed by atoms with van der Waals surface area (Å²) in [4.78, 5) is 24.7. The summed E-state index contributed by atoms with van der Waals surface area (Å²) in [7, 11) is 0. The molecule has 20 heavy (non-hydrogen) atoms. The lowest BCUT2D eigenvalue weighted by molar-refractivity contribution is 0.0697. The second kappa shape index (κ2) is 5.94. The van der Waals surface area contributed by atoms with Crippen molar-refractivity contribution in [2.45, 2.75) is 32.9 Å². The second-order valence-corrected chi connectivity index (χ2v) is 5.50. The molecule has 5 heteroatoms. The van der Waals surface area contributed by atoms with Gasteiger partial charge in [0.05, 0.1) is 5.56 Å². The van der Waals surface area contributed by atoms with Crippen LogP contribution >= 0.6 is 0 Å². The molecule has 1 aromatic carbocycles. The molecule has 2 atom stereocenters. The van der Waals surface area contributed by atoms with E-state index in [1.54, 1.807) is 24.3 Å². The second-order valence-electron chi connectivity index (χ2n) is 5.50. The van der Waals surface area contributed by atoms with E-state index in [1.165, 1.54) is 0 Å². The SMILES string of the molecule is CC1CC(C)N(C(=O)NCc2ccc(C(=O)O)cc2)C1. The number of carbonyl (C=O) groups excluding carboxylic acids is 1. The highest BCUT2D eigenvalue weighted by Gasteiger charge is 2.29. The number of likely N-dealkylation sites (tertiary alicyclic amines) is 1. The summed E-state index contributed by atoms with van der Waals surface area (Å²) in [5.41, 5.74) is 1.14. The van der Waals surface area contributed by atoms with Gasteiger partial charge in [0.1, 0.15) is 0 Å². The number of hydrogen-bond donors (Lipinski definition) is 2. The highest BCUT2D eigenvalue weighted by atomic mass is 16.4. The number of carboxylic acids is 1. The molecule has 1 aromatic rings. The summed E-state index contributed by atoms with van der Waals surface area (Å²) in [6.07, 6.45) is 1.04. The Balaban J connectivity index is 1.88. The van der Waals surface area contributed by atoms with Crippen LogP contribution in [0.1, 0.15) is 36.2 Å². The van der Waals surface area contributed by atoms with Crippen LogP contribution in [0.25, 0.3) is 0 Å². The Bertz CT molecular complexity index is 498. The van der Waals surface area contributed by atoms with Gasteiger partial charge in [-0.3, -0.25) is 0 Å². The summed E-state index contributed by atoms with van der Waals surface area (Å²) < 4.78 is 0. The molecule has 2 rings (SSSR count). The maximum atomic E-state index is 12.1. The summed E-state index contributed by atoms with van der Waals surface area (Å²) in [6, 6.07) is 6.76. The van der Waals surface area contributed by atoms with Gasteiger partial charge in [0, 0.05) is 19.1 Å². The van der Waals surface area contributed by atoms with Crippen LogP contribution in [-0.2, 0) is 6.54 Å². The lowest BCUT2D eigenvalue weighted by atomic mass is 10.1. The normalized spacial score (nSPS) is 21.8. The number of nitrogens with zero attached hydrogens (tertiary/aromatic N) is 1. The fourth-order valence-corrected chi connectivity index (χ4v) is 2.63. The van der Waals surface area contributed by atoms with Crippen LogP contribution in [-0.4, -0.2) is 34.6 Å². The van der Waals surface area contributed by atoms with E-state index in [9.17, 15) is 9.59 Å². The minimum atomic E-state index is -0.944. The van der Waals surface area contributed by atoms with E-state index in [2.05, 4.69) is 19.2 Å². The van der Waals surface area contributed by atoms with E-state index < -0.39 is 5.97 Å². The maximum absolute atomic E-state index is 12.1. The van der Waals surface area contributed by atoms with Crippen molar-refractivity contribution in [3.63, 3.8) is 0 Å². The van der Waals surface area contributed by atoms with Gasteiger partial charge in [-0.05, 0) is 37.0 Å². The number of rotatable bonds is 3. The van der Waals surface area contributed by atoms with Gasteiger partial charge in [0.25, 0.3) is 0 Å². The molecule has 0 spiro atoms. The molecule has 108 valence electrons. The molecule has 2 N–H and O–H groups in total. The van der Waals surface area contributed by atoms with Crippen LogP contribution < -0.4 is 5.32 Å². The van der Waals surface area contributed by atoms with Crippen molar-refractivity contribution >= 4 is 12.0 Å². The Morgan fingerprint density at radius 1 is 1.30 bits per heavy atom. The van der Waals surface area contributed by atoms with Gasteiger partial charge in [-0.2, -0.15) is 0 Å². The number of carboxylic acid groups (broad SMARTS) is 1. The minimum Gasteiger partial charge on any atom is -0.478 e. The summed E-state index contributed by atoms with van der Waals surface area (Å²) >= 11 is 0. The van der Waals surface area contributed by atoms with Gasteiger partial charge in [-0.25, -0.2) is 9.59 Å². The number of carbonyl (C=O) groups is 2. The average molecular weight is 276 g/mol. The topological polar surface area (TPSA) is 69.6 Å². The quantitative estimate of drug-likeness (QED) is 0.890. The Morgan fingerprint density at radius 2 is 1.95 bits per heavy atom. The highest BCUT2D eigenvalue weighted by Crippen LogP contribution is 2.22. The van der Waals surface area contributed by atoms with Crippen LogP contribution in [0.4, 0.5) is 4.79 Å². The summed E-state index contributed by atoms with van der Waals surface area (Å²) in [5.74, 6) is -0.397. The molecule has 1 saturated heterocycles. The Hall–Kier alpha value is -2.04. The predicted molar refractivity (Wildman–Crippen MR) is 75.6 cm³/mol. The maximum Gasteiger partial charge on any atom is 0.335 e. The van der Waals surface area contributed by atoms with Crippen molar-refractivity contribution < 1.29 is 14.7 Å². The molecule has 1 heterocycles. The molecule has 1 fully saturated rings. The van der Waals surface area contributed by atoms with Gasteiger partial charge in [-0.15, -0.1) is 0 Å². The third kappa shape index (κ3) is 3.29. The van der Waals surface area contributed by atoms with E-state index in [0.29, 0.717) is 12.5 Å². The fourth-order valence-electron chi connectivity index (χ4n) is 2.63. The van der Waals surface area contributed by atoms with Crippen molar-refractivity contribution in [1.82, 2.24) is 10.2 Å². The lowest BCUT2D eigenvalue weighted by Gasteiger charge is -2.22. The number of urea groups is 1. The molecule has 0 saturated carbocycles. The predicted octanol–water partition coefficient (Wildman–Crippen LogP) is 2.32. The van der Waals surface area contributed by atoms with Gasteiger partial charge >= 0.3 is 12.0 Å². The third-order valence-electron chi connectivity index (χ3n) is 3.69. The molecule has 1 aliphatic heterocycles. The fraction of sp³-hybridized carbons (Fsp3) is 0.467. The van der Waals surface area contributed by atoms with Crippen LogP contribution in [0.5, 0.6) is 0 Å². The van der Waals surface area contributed by atoms with Gasteiger partial charge in [-0.1, -0.05) is 19.1 Å². The first-order valence-electron chi connectivity index (χ1n) is 6.84. The molecule has 0 aliphatic carbocycles. The molecule has 0 radical (unpaired) electrons. The summed E-state index contributed by atoms with van der Waals surface area (Å²) in [5, 5.41) is 11.7. The number of amides is 2. The van der Waals surface area contributed by atoms with Crippen molar-refractivity contribution in [3.8, 4) is 0 Å². The zero-order valence-corrected chi connectivity index (χ0v) is 11.8. The Kier molecular flexibility index (Phi) is 4.27. The van der Waals surface area contributed by atoms with Crippen LogP contribution in [0.3, 0.4) is 0 Å². The van der Waals surface area contributed by atoms with E-state index >= 15 is 0 Å². The van der Waals surface area contributed by atoms with E-state index in [1.807, 2.05) is 4.90 Å². The van der Waals surface area contributed by atoms with Crippen LogP contribution in [0.15, 0.2) is 24.3 Å². The molecule has 2 unspecified atom stereocenters. The monoisotopic (exact) mass is 276 g/mol. The zero-order chi connectivity index (χ0) is 14.7. The van der Waals surface area contributed by atoms with E-state index in [-0.39, 0.29) is 17.6 Å². The third-order valence-corrected chi connectivity index (χ3v) is 3.69. The smallest absolute Gasteiger partial charge is 0.335 e. The molecular formula is C15H20N2O3. The highest BCUT2D eigenvalue weighted by molar-refractivity contribution is 5.87. The number of hydrogen-bond acceptors (Lipinski definition) is 2. The zero-order valence-electron chi connectivity index (χ0n) is 11.8. The van der Waals surface area contributed by atoms with Gasteiger partial charge in [0.2, 0.25) is 0 Å². The van der Waals surface area contributed by atoms with Crippen molar-refractivity contribution in [3.05, 3.63) is 35.4 Å². The van der Waals surface area contributed by atoms with Crippen LogP contribution in [0, 0.1) is 5.92 Å². The molecule has 2 amide bonds. The first kappa shape index (κ1) is 14.4. The van der Waals surface area contributed by atoms with Gasteiger partial charge < -0.3 is 15.3 Å². The standard InChI is InChI=1S/C15H20N2O3/c1-10-7-11(2)17(9-10)15(20)16-8-12-3-5-13(6-4-12)14(18)19/h3-6,10-11H,7-9H2,1-2H3,(H,16,20)(H,18,19). The van der Waals surface area contributed by atoms with E-state index in [4.69, 9.17) is 5.11 Å². The Morgan fingerprint density at radius 3 is 2.45 bits per heavy atom. The largest absolute Gasteiger partial charge is 0.478 e. The first-order valence-corrected chi connectivity index (χ1v) is 6.84. The van der Waals surface area contributed by atoms with Crippen LogP contribution in [0.2, 0.25) is 0 Å². The Labute approximate surface area is 118 Å². The minimum absolute atomic E-state index is 0.0517. The van der Waals surface area contributed by atoms with Gasteiger partial charge in [0.15, 0.2) is 0 Å². The number of aromatic carboxylic acids is 1. The summed E-state index contributed by atoms with van der Waals surface area (Å²) in [6.45, 7) is 5.42. The first-order chi connectivity index (χ1) is 9.47. The van der Waals surface area contributed by atoms with Crippen molar-refractivity contribution in [2.24, 2.45) is 5.92 Å². The molecule has 5 nitrogen and oxygen atoms in total.